The molecule has 1 aromatic heterocycles. The number of carbonyl (C=O) groups is 2. The molecule has 2 rings (SSSR count). The molecule has 6 heteroatoms. The summed E-state index contributed by atoms with van der Waals surface area (Å²) in [5.74, 6) is -0.606. The van der Waals surface area contributed by atoms with E-state index < -0.39 is 0 Å². The van der Waals surface area contributed by atoms with Crippen molar-refractivity contribution >= 4 is 33.5 Å². The van der Waals surface area contributed by atoms with Crippen LogP contribution in [0.1, 0.15) is 53.3 Å². The molecule has 132 valence electrons. The molecule has 0 bridgehead atoms. The van der Waals surface area contributed by atoms with Crippen molar-refractivity contribution in [2.24, 2.45) is 0 Å². The Morgan fingerprint density at radius 2 is 1.84 bits per heavy atom. The lowest BCUT2D eigenvalue weighted by Crippen LogP contribution is -2.12. The molecule has 0 aliphatic carbocycles. The van der Waals surface area contributed by atoms with Crippen molar-refractivity contribution in [3.05, 3.63) is 58.3 Å². The van der Waals surface area contributed by atoms with Gasteiger partial charge in [0.25, 0.3) is 5.91 Å². The van der Waals surface area contributed by atoms with Crippen molar-refractivity contribution in [1.29, 1.82) is 0 Å². The molecule has 2 aromatic rings. The predicted octanol–water partition coefficient (Wildman–Crippen LogP) is 4.83. The highest BCUT2D eigenvalue weighted by Gasteiger charge is 2.09. The highest BCUT2D eigenvalue weighted by Crippen LogP contribution is 2.14. The maximum Gasteiger partial charge on any atom is 0.338 e. The van der Waals surface area contributed by atoms with E-state index in [0.29, 0.717) is 23.4 Å². The number of amides is 1. The summed E-state index contributed by atoms with van der Waals surface area (Å²) in [5, 5.41) is 2.77. The van der Waals surface area contributed by atoms with E-state index in [1.807, 2.05) is 0 Å². The number of aromatic nitrogens is 1. The minimum absolute atomic E-state index is 0.264. The van der Waals surface area contributed by atoms with E-state index in [1.165, 1.54) is 6.20 Å². The summed E-state index contributed by atoms with van der Waals surface area (Å²) in [6, 6.07) is 8.33. The molecule has 1 amide bonds. The van der Waals surface area contributed by atoms with Crippen molar-refractivity contribution in [2.75, 3.05) is 11.9 Å². The molecule has 0 spiro atoms. The minimum Gasteiger partial charge on any atom is -0.462 e. The van der Waals surface area contributed by atoms with Crippen molar-refractivity contribution in [3.63, 3.8) is 0 Å². The summed E-state index contributed by atoms with van der Waals surface area (Å²) in [4.78, 5) is 28.1. The number of pyridine rings is 1. The van der Waals surface area contributed by atoms with E-state index in [2.05, 4.69) is 33.2 Å². The van der Waals surface area contributed by atoms with E-state index >= 15 is 0 Å². The summed E-state index contributed by atoms with van der Waals surface area (Å²) in [5.41, 5.74) is 1.52. The van der Waals surface area contributed by atoms with Gasteiger partial charge in [0.05, 0.1) is 17.7 Å². The van der Waals surface area contributed by atoms with Gasteiger partial charge in [0, 0.05) is 22.6 Å². The third-order valence-electron chi connectivity index (χ3n) is 3.58. The second-order valence-electron chi connectivity index (χ2n) is 5.62. The molecule has 1 aromatic carbocycles. The molecule has 0 unspecified atom stereocenters. The highest BCUT2D eigenvalue weighted by molar-refractivity contribution is 9.10. The summed E-state index contributed by atoms with van der Waals surface area (Å²) in [6.45, 7) is 2.58. The molecule has 0 aliphatic heterocycles. The first-order chi connectivity index (χ1) is 12.1. The quantitative estimate of drug-likeness (QED) is 0.505. The third kappa shape index (κ3) is 6.31. The number of unbranched alkanes of at least 4 members (excludes halogenated alkanes) is 3. The lowest BCUT2D eigenvalue weighted by molar-refractivity contribution is 0.0498. The van der Waals surface area contributed by atoms with E-state index in [9.17, 15) is 9.59 Å². The minimum atomic E-state index is -0.342. The Kier molecular flexibility index (Phi) is 7.60. The molecular weight excluding hydrogens is 384 g/mol. The monoisotopic (exact) mass is 404 g/mol. The van der Waals surface area contributed by atoms with Gasteiger partial charge in [-0.3, -0.25) is 9.78 Å². The number of anilines is 1. The Bertz CT molecular complexity index is 717. The van der Waals surface area contributed by atoms with Gasteiger partial charge >= 0.3 is 5.97 Å². The first kappa shape index (κ1) is 19.1. The van der Waals surface area contributed by atoms with Crippen LogP contribution < -0.4 is 5.32 Å². The van der Waals surface area contributed by atoms with Gasteiger partial charge in [0.2, 0.25) is 0 Å². The fourth-order valence-corrected chi connectivity index (χ4v) is 2.57. The Balaban J connectivity index is 1.86. The van der Waals surface area contributed by atoms with Crippen molar-refractivity contribution in [1.82, 2.24) is 4.98 Å². The van der Waals surface area contributed by atoms with Crippen LogP contribution in [0, 0.1) is 0 Å². The highest BCUT2D eigenvalue weighted by atomic mass is 79.9. The van der Waals surface area contributed by atoms with Crippen LogP contribution in [0.25, 0.3) is 0 Å². The largest absolute Gasteiger partial charge is 0.462 e. The number of hydrogen-bond acceptors (Lipinski definition) is 4. The van der Waals surface area contributed by atoms with E-state index in [4.69, 9.17) is 4.74 Å². The molecule has 5 nitrogen and oxygen atoms in total. The number of carbonyl (C=O) groups excluding carboxylic acids is 2. The number of nitrogens with zero attached hydrogens (tertiary/aromatic N) is 1. The van der Waals surface area contributed by atoms with Crippen molar-refractivity contribution in [3.8, 4) is 0 Å². The number of hydrogen-bond donors (Lipinski definition) is 1. The van der Waals surface area contributed by atoms with Crippen LogP contribution in [0.15, 0.2) is 47.2 Å². The number of halogens is 1. The zero-order valence-corrected chi connectivity index (χ0v) is 15.7. The Morgan fingerprint density at radius 3 is 2.52 bits per heavy atom. The average molecular weight is 405 g/mol. The SMILES string of the molecule is CCCCCCOC(=O)c1ccc(NC(=O)c2cncc(Br)c2)cc1. The number of benzene rings is 1. The lowest BCUT2D eigenvalue weighted by atomic mass is 10.2. The fourth-order valence-electron chi connectivity index (χ4n) is 2.21. The van der Waals surface area contributed by atoms with Crippen LogP contribution in [0.5, 0.6) is 0 Å². The molecule has 0 radical (unpaired) electrons. The van der Waals surface area contributed by atoms with Gasteiger partial charge in [-0.1, -0.05) is 26.2 Å². The topological polar surface area (TPSA) is 68.3 Å². The Hall–Kier alpha value is -2.21. The summed E-state index contributed by atoms with van der Waals surface area (Å²) < 4.78 is 5.97. The summed E-state index contributed by atoms with van der Waals surface area (Å²) >= 11 is 3.28. The fraction of sp³-hybridized carbons (Fsp3) is 0.316. The van der Waals surface area contributed by atoms with Gasteiger partial charge in [-0.05, 0) is 52.7 Å². The van der Waals surface area contributed by atoms with Crippen LogP contribution in [-0.2, 0) is 4.74 Å². The van der Waals surface area contributed by atoms with E-state index in [1.54, 1.807) is 36.5 Å². The van der Waals surface area contributed by atoms with Gasteiger partial charge in [0.1, 0.15) is 0 Å². The standard InChI is InChI=1S/C19H21BrN2O3/c1-2-3-4-5-10-25-19(24)14-6-8-17(9-7-14)22-18(23)15-11-16(20)13-21-12-15/h6-9,11-13H,2-5,10H2,1H3,(H,22,23). The molecule has 0 atom stereocenters. The second-order valence-corrected chi connectivity index (χ2v) is 6.54. The molecule has 0 fully saturated rings. The molecule has 0 aliphatic rings. The zero-order chi connectivity index (χ0) is 18.1. The maximum atomic E-state index is 12.1. The van der Waals surface area contributed by atoms with Crippen molar-refractivity contribution < 1.29 is 14.3 Å². The van der Waals surface area contributed by atoms with E-state index in [0.717, 1.165) is 30.2 Å². The molecular formula is C19H21BrN2O3. The second kappa shape index (κ2) is 9.93. The lowest BCUT2D eigenvalue weighted by Gasteiger charge is -2.07. The number of rotatable bonds is 8. The van der Waals surface area contributed by atoms with Gasteiger partial charge in [-0.2, -0.15) is 0 Å². The van der Waals surface area contributed by atoms with Gasteiger partial charge < -0.3 is 10.1 Å². The van der Waals surface area contributed by atoms with Gasteiger partial charge in [-0.15, -0.1) is 0 Å². The van der Waals surface area contributed by atoms with E-state index in [-0.39, 0.29) is 11.9 Å². The Labute approximate surface area is 155 Å². The number of ether oxygens (including phenoxy) is 1. The molecule has 1 N–H and O–H groups in total. The van der Waals surface area contributed by atoms with Gasteiger partial charge in [0.15, 0.2) is 0 Å². The first-order valence-corrected chi connectivity index (χ1v) is 9.08. The summed E-state index contributed by atoms with van der Waals surface area (Å²) in [6.07, 6.45) is 7.36. The molecule has 25 heavy (non-hydrogen) atoms. The van der Waals surface area contributed by atoms with Crippen LogP contribution in [-0.4, -0.2) is 23.5 Å². The molecule has 1 heterocycles. The third-order valence-corrected chi connectivity index (χ3v) is 4.01. The first-order valence-electron chi connectivity index (χ1n) is 8.29. The maximum absolute atomic E-state index is 12.1. The van der Waals surface area contributed by atoms with Crippen LogP contribution in [0.2, 0.25) is 0 Å². The summed E-state index contributed by atoms with van der Waals surface area (Å²) in [7, 11) is 0. The number of esters is 1. The van der Waals surface area contributed by atoms with Gasteiger partial charge in [-0.25, -0.2) is 4.79 Å². The average Bonchev–Trinajstić information content (AvgIpc) is 2.62. The van der Waals surface area contributed by atoms with Crippen LogP contribution >= 0.6 is 15.9 Å². The smallest absolute Gasteiger partial charge is 0.338 e. The Morgan fingerprint density at radius 1 is 1.08 bits per heavy atom. The van der Waals surface area contributed by atoms with Crippen LogP contribution in [0.4, 0.5) is 5.69 Å². The number of nitrogens with one attached hydrogen (secondary N) is 1. The predicted molar refractivity (Wildman–Crippen MR) is 101 cm³/mol. The van der Waals surface area contributed by atoms with Crippen molar-refractivity contribution in [2.45, 2.75) is 32.6 Å². The molecule has 0 saturated carbocycles. The van der Waals surface area contributed by atoms with Crippen LogP contribution in [0.3, 0.4) is 0 Å². The normalized spacial score (nSPS) is 10.3. The molecule has 0 saturated heterocycles. The zero-order valence-electron chi connectivity index (χ0n) is 14.1.